The molecule has 9 heteroatoms. The minimum atomic E-state index is -3.68. The molecule has 0 rings (SSSR count). The van der Waals surface area contributed by atoms with Crippen molar-refractivity contribution in [2.75, 3.05) is 0 Å². The summed E-state index contributed by atoms with van der Waals surface area (Å²) in [5, 5.41) is 7.60. The molecule has 0 aromatic heterocycles. The Morgan fingerprint density at radius 1 is 1.15 bits per heavy atom. The van der Waals surface area contributed by atoms with Crippen molar-refractivity contribution in [3.63, 3.8) is 0 Å². The van der Waals surface area contributed by atoms with Crippen LogP contribution in [0.2, 0.25) is 0 Å². The molecule has 0 aromatic carbocycles. The van der Waals surface area contributed by atoms with Gasteiger partial charge >= 0.3 is 11.9 Å². The van der Waals surface area contributed by atoms with Crippen LogP contribution in [0.15, 0.2) is 24.8 Å². The fourth-order valence-corrected chi connectivity index (χ4v) is 0.551. The van der Waals surface area contributed by atoms with Crippen molar-refractivity contribution in [2.45, 2.75) is 32.1 Å². The Hall–Kier alpha value is -1.93. The summed E-state index contributed by atoms with van der Waals surface area (Å²) in [5.41, 5.74) is -0.252. The Morgan fingerprint density at radius 3 is 1.80 bits per heavy atom. The van der Waals surface area contributed by atoms with Crippen molar-refractivity contribution >= 4 is 11.9 Å². The normalized spacial score (nSPS) is 14.3. The van der Waals surface area contributed by atoms with E-state index < -0.39 is 37.1 Å². The lowest BCUT2D eigenvalue weighted by Crippen LogP contribution is -2.36. The van der Waals surface area contributed by atoms with Crippen LogP contribution in [0.1, 0.15) is 6.92 Å². The molecule has 0 bridgehead atoms. The fraction of sp³-hybridized carbons (Fsp3) is 0.455. The van der Waals surface area contributed by atoms with E-state index in [4.69, 9.17) is 5.11 Å². The summed E-state index contributed by atoms with van der Waals surface area (Å²) in [7, 11) is 0. The molecule has 0 saturated heterocycles. The van der Waals surface area contributed by atoms with Gasteiger partial charge in [-0.3, -0.25) is 0 Å². The van der Waals surface area contributed by atoms with Crippen molar-refractivity contribution in [3.05, 3.63) is 24.8 Å². The number of ether oxygens (including phenoxy) is 1. The van der Waals surface area contributed by atoms with Gasteiger partial charge in [0.05, 0.1) is 0 Å². The highest BCUT2D eigenvalue weighted by atomic mass is 19.3. The third-order valence-electron chi connectivity index (χ3n) is 1.54. The summed E-state index contributed by atoms with van der Waals surface area (Å²) in [4.78, 5) is 19.9. The van der Waals surface area contributed by atoms with E-state index in [1.54, 1.807) is 0 Å². The van der Waals surface area contributed by atoms with Crippen LogP contribution in [-0.4, -0.2) is 42.2 Å². The van der Waals surface area contributed by atoms with E-state index in [1.807, 2.05) is 0 Å². The molecule has 3 unspecified atom stereocenters. The molecule has 3 atom stereocenters. The van der Waals surface area contributed by atoms with E-state index in [-0.39, 0.29) is 5.57 Å². The maximum absolute atomic E-state index is 12.6. The van der Waals surface area contributed by atoms with Crippen molar-refractivity contribution in [1.82, 2.24) is 0 Å². The summed E-state index contributed by atoms with van der Waals surface area (Å²) in [6.45, 7) is 7.14. The van der Waals surface area contributed by atoms with Crippen LogP contribution < -0.4 is 0 Å². The van der Waals surface area contributed by atoms with Crippen LogP contribution in [-0.2, 0) is 14.3 Å². The van der Waals surface area contributed by atoms with Gasteiger partial charge < -0.3 is 9.84 Å². The average molecular weight is 304 g/mol. The van der Waals surface area contributed by atoms with Gasteiger partial charge in [0, 0.05) is 11.6 Å². The molecule has 0 aliphatic carbocycles. The van der Waals surface area contributed by atoms with Crippen LogP contribution in [0.5, 0.6) is 0 Å². The topological polar surface area (TPSA) is 63.6 Å². The van der Waals surface area contributed by atoms with Gasteiger partial charge in [0.15, 0.2) is 6.17 Å². The maximum atomic E-state index is 12.6. The zero-order valence-electron chi connectivity index (χ0n) is 10.4. The standard InChI is InChI=1S/C8H9F5O2.C3H4O2/c1-3(2)8(14)15-7(13)5(10)4(9)6(11)12;1-2-3(4)5/h4-7H,1H2,2H3;2H,1H2,(H,4,5). The van der Waals surface area contributed by atoms with Crippen molar-refractivity contribution in [1.29, 1.82) is 0 Å². The van der Waals surface area contributed by atoms with Gasteiger partial charge in [0.2, 0.25) is 6.17 Å². The number of carbonyl (C=O) groups excluding carboxylic acids is 1. The Labute approximate surface area is 111 Å². The van der Waals surface area contributed by atoms with Crippen molar-refractivity contribution in [3.8, 4) is 0 Å². The van der Waals surface area contributed by atoms with E-state index in [2.05, 4.69) is 17.9 Å². The van der Waals surface area contributed by atoms with E-state index in [0.717, 1.165) is 13.0 Å². The number of esters is 1. The first-order valence-electron chi connectivity index (χ1n) is 4.96. The van der Waals surface area contributed by atoms with Crippen LogP contribution in [0.25, 0.3) is 0 Å². The van der Waals surface area contributed by atoms with Crippen LogP contribution in [0, 0.1) is 0 Å². The summed E-state index contributed by atoms with van der Waals surface area (Å²) >= 11 is 0. The third kappa shape index (κ3) is 9.06. The van der Waals surface area contributed by atoms with E-state index in [9.17, 15) is 31.5 Å². The first-order valence-corrected chi connectivity index (χ1v) is 4.96. The Kier molecular flexibility index (Phi) is 10.1. The van der Waals surface area contributed by atoms with Gasteiger partial charge in [-0.1, -0.05) is 13.2 Å². The van der Waals surface area contributed by atoms with Gasteiger partial charge in [-0.2, -0.15) is 4.39 Å². The molecule has 0 aliphatic rings. The summed E-state index contributed by atoms with van der Waals surface area (Å²) in [5.74, 6) is -2.29. The van der Waals surface area contributed by atoms with Crippen LogP contribution >= 0.6 is 0 Å². The second-order valence-corrected chi connectivity index (χ2v) is 3.30. The number of carbonyl (C=O) groups is 2. The molecule has 0 heterocycles. The molecular weight excluding hydrogens is 291 g/mol. The third-order valence-corrected chi connectivity index (χ3v) is 1.54. The number of aliphatic carboxylic acids is 1. The highest BCUT2D eigenvalue weighted by Gasteiger charge is 2.38. The van der Waals surface area contributed by atoms with Crippen molar-refractivity contribution < 1.29 is 41.4 Å². The molecule has 0 amide bonds. The molecule has 20 heavy (non-hydrogen) atoms. The molecule has 0 radical (unpaired) electrons. The molecule has 0 fully saturated rings. The molecular formula is C11H13F5O4. The second kappa shape index (κ2) is 9.93. The van der Waals surface area contributed by atoms with Gasteiger partial charge in [0.25, 0.3) is 12.8 Å². The van der Waals surface area contributed by atoms with E-state index in [0.29, 0.717) is 0 Å². The summed E-state index contributed by atoms with van der Waals surface area (Å²) in [6.07, 6.45) is -12.5. The number of carboxylic acids is 1. The highest BCUT2D eigenvalue weighted by Crippen LogP contribution is 2.19. The van der Waals surface area contributed by atoms with Gasteiger partial charge in [-0.25, -0.2) is 27.2 Å². The van der Waals surface area contributed by atoms with Gasteiger partial charge in [0.1, 0.15) is 0 Å². The van der Waals surface area contributed by atoms with E-state index in [1.165, 1.54) is 0 Å². The SMILES string of the molecule is C=C(C)C(=O)OC(F)C(F)C(F)C(F)F.C=CC(=O)O. The second-order valence-electron chi connectivity index (χ2n) is 3.30. The van der Waals surface area contributed by atoms with Crippen LogP contribution in [0.3, 0.4) is 0 Å². The highest BCUT2D eigenvalue weighted by molar-refractivity contribution is 5.87. The minimum Gasteiger partial charge on any atom is -0.478 e. The number of carboxylic acid groups (broad SMARTS) is 1. The van der Waals surface area contributed by atoms with Gasteiger partial charge in [-0.05, 0) is 6.92 Å². The van der Waals surface area contributed by atoms with E-state index >= 15 is 0 Å². The first-order chi connectivity index (χ1) is 9.04. The van der Waals surface area contributed by atoms with Crippen LogP contribution in [0.4, 0.5) is 22.0 Å². The Morgan fingerprint density at radius 2 is 1.55 bits per heavy atom. The molecule has 0 aromatic rings. The smallest absolute Gasteiger partial charge is 0.335 e. The van der Waals surface area contributed by atoms with Gasteiger partial charge in [-0.15, -0.1) is 0 Å². The monoisotopic (exact) mass is 304 g/mol. The maximum Gasteiger partial charge on any atom is 0.335 e. The fourth-order valence-electron chi connectivity index (χ4n) is 0.551. The Balaban J connectivity index is 0. The predicted molar refractivity (Wildman–Crippen MR) is 59.4 cm³/mol. The molecule has 4 nitrogen and oxygen atoms in total. The lowest BCUT2D eigenvalue weighted by atomic mass is 10.2. The lowest BCUT2D eigenvalue weighted by molar-refractivity contribution is -0.167. The summed E-state index contributed by atoms with van der Waals surface area (Å²) in [6, 6.07) is 0. The predicted octanol–water partition coefficient (Wildman–Crippen LogP) is 2.60. The molecule has 1 N–H and O–H groups in total. The first kappa shape index (κ1) is 20.4. The number of halogens is 5. The lowest BCUT2D eigenvalue weighted by Gasteiger charge is -2.16. The number of alkyl halides is 5. The molecule has 0 saturated carbocycles. The minimum absolute atomic E-state index is 0.252. The zero-order chi connectivity index (χ0) is 16.5. The zero-order valence-corrected chi connectivity index (χ0v) is 10.4. The Bertz CT molecular complexity index is 359. The number of rotatable bonds is 6. The largest absolute Gasteiger partial charge is 0.478 e. The summed E-state index contributed by atoms with van der Waals surface area (Å²) < 4.78 is 64.2. The van der Waals surface area contributed by atoms with Crippen molar-refractivity contribution in [2.24, 2.45) is 0 Å². The molecule has 0 aliphatic heterocycles. The number of hydrogen-bond donors (Lipinski definition) is 1. The average Bonchev–Trinajstić information content (AvgIpc) is 2.36. The quantitative estimate of drug-likeness (QED) is 0.465. The number of hydrogen-bond acceptors (Lipinski definition) is 3. The molecule has 116 valence electrons. The molecule has 0 spiro atoms.